The molecule has 2 N–H and O–H groups in total. The minimum Gasteiger partial charge on any atom is -0.336 e. The normalized spacial score (nSPS) is 27.4. The van der Waals surface area contributed by atoms with Crippen LogP contribution in [0.4, 0.5) is 0 Å². The summed E-state index contributed by atoms with van der Waals surface area (Å²) in [5, 5.41) is 0. The average Bonchev–Trinajstić information content (AvgIpc) is 2.60. The van der Waals surface area contributed by atoms with E-state index in [1.54, 1.807) is 16.2 Å². The number of carbonyl (C=O) groups is 1. The van der Waals surface area contributed by atoms with Crippen LogP contribution in [0.3, 0.4) is 0 Å². The van der Waals surface area contributed by atoms with Gasteiger partial charge in [0.2, 0.25) is 5.91 Å². The lowest BCUT2D eigenvalue weighted by molar-refractivity contribution is -0.127. The molecule has 0 aliphatic carbocycles. The van der Waals surface area contributed by atoms with E-state index in [0.29, 0.717) is 6.42 Å². The molecule has 0 radical (unpaired) electrons. The predicted octanol–water partition coefficient (Wildman–Crippen LogP) is 1.74. The molecule has 5 heteroatoms. The Bertz CT molecular complexity index is 365. The van der Waals surface area contributed by atoms with Crippen LogP contribution in [0.2, 0.25) is 0 Å². The van der Waals surface area contributed by atoms with Gasteiger partial charge in [0.05, 0.1) is 9.83 Å². The first-order chi connectivity index (χ1) is 6.59. The molecule has 0 spiro atoms. The number of nitrogens with two attached hydrogens (primary N) is 1. The summed E-state index contributed by atoms with van der Waals surface area (Å²) in [6.07, 6.45) is 0.455. The third kappa shape index (κ3) is 1.60. The molecule has 2 atom stereocenters. The lowest BCUT2D eigenvalue weighted by Crippen LogP contribution is -2.29. The molecule has 1 fully saturated rings. The van der Waals surface area contributed by atoms with Crippen LogP contribution < -0.4 is 5.73 Å². The summed E-state index contributed by atoms with van der Waals surface area (Å²) in [7, 11) is 1.81. The van der Waals surface area contributed by atoms with Crippen LogP contribution in [-0.4, -0.2) is 23.9 Å². The molecule has 2 unspecified atom stereocenters. The number of likely N-dealkylation sites (N-methyl/N-ethyl adjacent to an activating group) is 1. The highest BCUT2D eigenvalue weighted by Gasteiger charge is 2.36. The van der Waals surface area contributed by atoms with Crippen LogP contribution in [0.25, 0.3) is 0 Å². The molecule has 1 aliphatic heterocycles. The number of hydrogen-bond donors (Lipinski definition) is 1. The van der Waals surface area contributed by atoms with Crippen LogP contribution in [-0.2, 0) is 4.79 Å². The van der Waals surface area contributed by atoms with Crippen LogP contribution in [0, 0.1) is 0 Å². The Kier molecular flexibility index (Phi) is 2.64. The Morgan fingerprint density at radius 1 is 1.64 bits per heavy atom. The molecule has 0 bridgehead atoms. The number of carbonyl (C=O) groups excluding carboxylic acids is 1. The van der Waals surface area contributed by atoms with Crippen molar-refractivity contribution in [1.29, 1.82) is 0 Å². The maximum absolute atomic E-state index is 11.4. The van der Waals surface area contributed by atoms with Gasteiger partial charge in [-0.2, -0.15) is 0 Å². The highest BCUT2D eigenvalue weighted by atomic mass is 79.9. The van der Waals surface area contributed by atoms with Gasteiger partial charge in [0, 0.05) is 24.4 Å². The van der Waals surface area contributed by atoms with Crippen molar-refractivity contribution in [1.82, 2.24) is 4.90 Å². The molecule has 1 aliphatic rings. The van der Waals surface area contributed by atoms with Crippen LogP contribution in [0.15, 0.2) is 15.9 Å². The quantitative estimate of drug-likeness (QED) is 0.848. The average molecular weight is 275 g/mol. The molecule has 1 aromatic heterocycles. The fraction of sp³-hybridized carbons (Fsp3) is 0.444. The Hall–Kier alpha value is -0.390. The van der Waals surface area contributed by atoms with Gasteiger partial charge in [-0.3, -0.25) is 4.79 Å². The number of likely N-dealkylation sites (tertiary alicyclic amines) is 1. The van der Waals surface area contributed by atoms with Gasteiger partial charge in [-0.25, -0.2) is 0 Å². The molecule has 1 amide bonds. The number of nitrogens with zero attached hydrogens (tertiary/aromatic N) is 1. The second-order valence-corrected chi connectivity index (χ2v) is 5.95. The van der Waals surface area contributed by atoms with Gasteiger partial charge < -0.3 is 10.6 Å². The first kappa shape index (κ1) is 10.1. The summed E-state index contributed by atoms with van der Waals surface area (Å²) in [6.45, 7) is 0. The Balaban J connectivity index is 2.30. The van der Waals surface area contributed by atoms with Crippen molar-refractivity contribution < 1.29 is 4.79 Å². The van der Waals surface area contributed by atoms with Crippen LogP contribution in [0.5, 0.6) is 0 Å². The number of thiophene rings is 1. The Labute approximate surface area is 95.0 Å². The van der Waals surface area contributed by atoms with Gasteiger partial charge in [-0.1, -0.05) is 0 Å². The molecular formula is C9H11BrN2OS. The van der Waals surface area contributed by atoms with Crippen molar-refractivity contribution in [2.45, 2.75) is 18.5 Å². The van der Waals surface area contributed by atoms with Crippen molar-refractivity contribution in [3.8, 4) is 0 Å². The van der Waals surface area contributed by atoms with Crippen molar-refractivity contribution in [3.63, 3.8) is 0 Å². The van der Waals surface area contributed by atoms with Crippen molar-refractivity contribution >= 4 is 33.2 Å². The van der Waals surface area contributed by atoms with E-state index in [-0.39, 0.29) is 18.0 Å². The summed E-state index contributed by atoms with van der Waals surface area (Å²) in [4.78, 5) is 14.3. The van der Waals surface area contributed by atoms with Crippen molar-refractivity contribution in [2.75, 3.05) is 7.05 Å². The monoisotopic (exact) mass is 274 g/mol. The first-order valence-electron chi connectivity index (χ1n) is 4.36. The van der Waals surface area contributed by atoms with Crippen LogP contribution in [0.1, 0.15) is 17.3 Å². The second-order valence-electron chi connectivity index (χ2n) is 3.46. The Morgan fingerprint density at radius 3 is 2.79 bits per heavy atom. The number of halogens is 1. The van der Waals surface area contributed by atoms with Crippen LogP contribution >= 0.6 is 27.3 Å². The molecule has 14 heavy (non-hydrogen) atoms. The zero-order chi connectivity index (χ0) is 10.3. The zero-order valence-electron chi connectivity index (χ0n) is 7.74. The number of rotatable bonds is 1. The van der Waals surface area contributed by atoms with E-state index in [1.165, 1.54) is 0 Å². The highest BCUT2D eigenvalue weighted by Crippen LogP contribution is 2.36. The molecule has 3 nitrogen and oxygen atoms in total. The van der Waals surface area contributed by atoms with E-state index >= 15 is 0 Å². The molecule has 0 saturated carbocycles. The van der Waals surface area contributed by atoms with E-state index < -0.39 is 0 Å². The number of hydrogen-bond acceptors (Lipinski definition) is 3. The summed E-state index contributed by atoms with van der Waals surface area (Å²) in [5.74, 6) is 0.132. The summed E-state index contributed by atoms with van der Waals surface area (Å²) in [5.41, 5.74) is 5.93. The third-order valence-electron chi connectivity index (χ3n) is 2.51. The summed E-state index contributed by atoms with van der Waals surface area (Å²) in [6, 6.07) is 3.99. The van der Waals surface area contributed by atoms with E-state index in [0.717, 1.165) is 8.66 Å². The predicted molar refractivity (Wildman–Crippen MR) is 60.1 cm³/mol. The summed E-state index contributed by atoms with van der Waals surface area (Å²) >= 11 is 5.05. The third-order valence-corrected chi connectivity index (χ3v) is 4.21. The lowest BCUT2D eigenvalue weighted by Gasteiger charge is -2.21. The zero-order valence-corrected chi connectivity index (χ0v) is 10.1. The molecule has 2 rings (SSSR count). The maximum atomic E-state index is 11.4. The van der Waals surface area contributed by atoms with E-state index in [4.69, 9.17) is 5.73 Å². The summed E-state index contributed by atoms with van der Waals surface area (Å²) < 4.78 is 1.08. The van der Waals surface area contributed by atoms with E-state index in [9.17, 15) is 4.79 Å². The molecule has 76 valence electrons. The van der Waals surface area contributed by atoms with Gasteiger partial charge in [0.25, 0.3) is 0 Å². The van der Waals surface area contributed by atoms with Gasteiger partial charge in [0.15, 0.2) is 0 Å². The lowest BCUT2D eigenvalue weighted by atomic mass is 10.1. The smallest absolute Gasteiger partial charge is 0.224 e. The standard InChI is InChI=1S/C9H11BrN2OS/c1-12-8(13)4-5(11)9(12)6-2-3-7(10)14-6/h2-3,5,9H,4,11H2,1H3. The first-order valence-corrected chi connectivity index (χ1v) is 5.97. The maximum Gasteiger partial charge on any atom is 0.224 e. The molecule has 0 aromatic carbocycles. The molecular weight excluding hydrogens is 264 g/mol. The molecule has 2 heterocycles. The molecule has 1 saturated heterocycles. The fourth-order valence-corrected chi connectivity index (χ4v) is 3.43. The van der Waals surface area contributed by atoms with Crippen molar-refractivity contribution in [3.05, 3.63) is 20.8 Å². The van der Waals surface area contributed by atoms with Gasteiger partial charge in [-0.15, -0.1) is 11.3 Å². The number of amides is 1. The minimum absolute atomic E-state index is 0.0544. The van der Waals surface area contributed by atoms with Gasteiger partial charge in [-0.05, 0) is 28.1 Å². The fourth-order valence-electron chi connectivity index (χ4n) is 1.79. The van der Waals surface area contributed by atoms with E-state index in [2.05, 4.69) is 15.9 Å². The van der Waals surface area contributed by atoms with Gasteiger partial charge >= 0.3 is 0 Å². The van der Waals surface area contributed by atoms with Crippen molar-refractivity contribution in [2.24, 2.45) is 5.73 Å². The van der Waals surface area contributed by atoms with Gasteiger partial charge in [0.1, 0.15) is 0 Å². The SMILES string of the molecule is CN1C(=O)CC(N)C1c1ccc(Br)s1. The highest BCUT2D eigenvalue weighted by molar-refractivity contribution is 9.11. The van der Waals surface area contributed by atoms with E-state index in [1.807, 2.05) is 19.2 Å². The second kappa shape index (κ2) is 3.64. The Morgan fingerprint density at radius 2 is 2.36 bits per heavy atom. The molecule has 1 aromatic rings. The topological polar surface area (TPSA) is 46.3 Å². The largest absolute Gasteiger partial charge is 0.336 e. The minimum atomic E-state index is -0.0713.